The fourth-order valence-corrected chi connectivity index (χ4v) is 9.42. The van der Waals surface area contributed by atoms with E-state index in [1.54, 1.807) is 37.4 Å². The fraction of sp³-hybridized carbons (Fsp3) is 0.606. The standard InChI is InChI=1S/C33H47N3O6S/c1-25-20-30(40-3)21-26(2)32(25)43(38,39)36-15-7-10-29(36)23-42-24-31(37)34-22-27-11-13-33(14-12-27,28-8-5-4-6-9-28)35-16-18-41-19-17-35/h4-6,8-9,20-21,27,29H,7,10-19,22-24H2,1-3H3,(H,34,37). The molecule has 2 heterocycles. The zero-order valence-electron chi connectivity index (χ0n) is 25.8. The molecule has 2 aliphatic heterocycles. The number of benzene rings is 2. The van der Waals surface area contributed by atoms with Gasteiger partial charge in [-0.05, 0) is 87.1 Å². The molecule has 0 spiro atoms. The van der Waals surface area contributed by atoms with E-state index in [1.807, 2.05) is 0 Å². The average molecular weight is 614 g/mol. The van der Waals surface area contributed by atoms with Gasteiger partial charge in [-0.2, -0.15) is 4.31 Å². The summed E-state index contributed by atoms with van der Waals surface area (Å²) in [4.78, 5) is 15.6. The molecule has 1 aliphatic carbocycles. The highest BCUT2D eigenvalue weighted by molar-refractivity contribution is 7.89. The number of amides is 1. The molecule has 9 nitrogen and oxygen atoms in total. The van der Waals surface area contributed by atoms with Crippen LogP contribution in [-0.2, 0) is 29.8 Å². The van der Waals surface area contributed by atoms with E-state index in [-0.39, 0.29) is 30.7 Å². The first kappa shape index (κ1) is 31.9. The summed E-state index contributed by atoms with van der Waals surface area (Å²) in [6, 6.07) is 14.1. The van der Waals surface area contributed by atoms with Crippen LogP contribution < -0.4 is 10.1 Å². The molecule has 0 radical (unpaired) electrons. The van der Waals surface area contributed by atoms with Crippen LogP contribution in [0.3, 0.4) is 0 Å². The molecule has 10 heteroatoms. The van der Waals surface area contributed by atoms with E-state index in [0.29, 0.717) is 47.2 Å². The molecule has 1 unspecified atom stereocenters. The van der Waals surface area contributed by atoms with Crippen molar-refractivity contribution in [2.75, 3.05) is 59.7 Å². The van der Waals surface area contributed by atoms with Gasteiger partial charge in [0.15, 0.2) is 0 Å². The van der Waals surface area contributed by atoms with E-state index in [9.17, 15) is 13.2 Å². The van der Waals surface area contributed by atoms with Crippen LogP contribution in [0, 0.1) is 19.8 Å². The van der Waals surface area contributed by atoms with Crippen LogP contribution in [-0.4, -0.2) is 89.3 Å². The van der Waals surface area contributed by atoms with Crippen LogP contribution in [0.4, 0.5) is 0 Å². The minimum absolute atomic E-state index is 0.0328. The van der Waals surface area contributed by atoms with Gasteiger partial charge in [0.25, 0.3) is 0 Å². The number of carbonyl (C=O) groups excluding carboxylic acids is 1. The third-order valence-corrected chi connectivity index (χ3v) is 11.8. The predicted octanol–water partition coefficient (Wildman–Crippen LogP) is 4.02. The van der Waals surface area contributed by atoms with Crippen molar-refractivity contribution >= 4 is 15.9 Å². The summed E-state index contributed by atoms with van der Waals surface area (Å²) in [6.45, 7) is 8.26. The van der Waals surface area contributed by atoms with Crippen molar-refractivity contribution in [2.45, 2.75) is 68.8 Å². The Morgan fingerprint density at radius 3 is 2.35 bits per heavy atom. The second kappa shape index (κ2) is 14.1. The Labute approximate surface area is 256 Å². The first-order valence-corrected chi connectivity index (χ1v) is 17.1. The molecule has 3 fully saturated rings. The van der Waals surface area contributed by atoms with E-state index < -0.39 is 10.0 Å². The minimum atomic E-state index is -3.70. The van der Waals surface area contributed by atoms with Gasteiger partial charge in [0.05, 0.1) is 31.8 Å². The lowest BCUT2D eigenvalue weighted by atomic mass is 9.71. The van der Waals surface area contributed by atoms with Crippen LogP contribution in [0.2, 0.25) is 0 Å². The number of morpholine rings is 1. The zero-order chi connectivity index (χ0) is 30.5. The summed E-state index contributed by atoms with van der Waals surface area (Å²) in [6.07, 6.45) is 5.70. The first-order chi connectivity index (χ1) is 20.7. The van der Waals surface area contributed by atoms with Crippen LogP contribution in [0.25, 0.3) is 0 Å². The Kier molecular flexibility index (Phi) is 10.4. The van der Waals surface area contributed by atoms with Gasteiger partial charge >= 0.3 is 0 Å². The molecular formula is C33H47N3O6S. The Bertz CT molecular complexity index is 1310. The second-order valence-electron chi connectivity index (χ2n) is 12.3. The van der Waals surface area contributed by atoms with Gasteiger partial charge in [0.1, 0.15) is 12.4 Å². The first-order valence-electron chi connectivity index (χ1n) is 15.6. The van der Waals surface area contributed by atoms with Crippen molar-refractivity contribution in [2.24, 2.45) is 5.92 Å². The minimum Gasteiger partial charge on any atom is -0.497 e. The monoisotopic (exact) mass is 613 g/mol. The quantitative estimate of drug-likeness (QED) is 0.409. The van der Waals surface area contributed by atoms with Crippen molar-refractivity contribution < 1.29 is 27.4 Å². The molecule has 1 N–H and O–H groups in total. The SMILES string of the molecule is COc1cc(C)c(S(=O)(=O)N2CCCC2COCC(=O)NCC2CCC(c3ccccc3)(N3CCOCC3)CC2)c(C)c1. The van der Waals surface area contributed by atoms with Gasteiger partial charge in [0.2, 0.25) is 15.9 Å². The third-order valence-electron chi connectivity index (χ3n) is 9.55. The molecule has 2 aromatic rings. The summed E-state index contributed by atoms with van der Waals surface area (Å²) in [5, 5.41) is 3.08. The van der Waals surface area contributed by atoms with Crippen molar-refractivity contribution in [3.05, 3.63) is 59.2 Å². The van der Waals surface area contributed by atoms with E-state index in [2.05, 4.69) is 40.5 Å². The van der Waals surface area contributed by atoms with Gasteiger partial charge in [0, 0.05) is 37.8 Å². The maximum absolute atomic E-state index is 13.6. The number of rotatable bonds is 11. The molecule has 2 aromatic carbocycles. The molecule has 0 aromatic heterocycles. The third kappa shape index (κ3) is 7.09. The molecule has 1 amide bonds. The van der Waals surface area contributed by atoms with E-state index in [1.165, 1.54) is 5.56 Å². The van der Waals surface area contributed by atoms with Gasteiger partial charge in [-0.1, -0.05) is 30.3 Å². The lowest BCUT2D eigenvalue weighted by molar-refractivity contribution is -0.126. The molecule has 43 heavy (non-hydrogen) atoms. The summed E-state index contributed by atoms with van der Waals surface area (Å²) in [5.41, 5.74) is 2.74. The summed E-state index contributed by atoms with van der Waals surface area (Å²) >= 11 is 0. The summed E-state index contributed by atoms with van der Waals surface area (Å²) in [5.74, 6) is 0.915. The average Bonchev–Trinajstić information content (AvgIpc) is 3.50. The fourth-order valence-electron chi connectivity index (χ4n) is 7.33. The molecule has 1 saturated carbocycles. The Morgan fingerprint density at radius 1 is 1.02 bits per heavy atom. The Morgan fingerprint density at radius 2 is 1.70 bits per heavy atom. The van der Waals surface area contributed by atoms with E-state index >= 15 is 0 Å². The Balaban J connectivity index is 1.10. The lowest BCUT2D eigenvalue weighted by Crippen LogP contribution is -2.53. The number of aryl methyl sites for hydroxylation is 2. The van der Waals surface area contributed by atoms with Gasteiger partial charge in [-0.25, -0.2) is 8.42 Å². The lowest BCUT2D eigenvalue weighted by Gasteiger charge is -2.50. The molecule has 3 aliphatic rings. The zero-order valence-corrected chi connectivity index (χ0v) is 26.7. The number of methoxy groups -OCH3 is 1. The number of ether oxygens (including phenoxy) is 3. The van der Waals surface area contributed by atoms with Crippen LogP contribution in [0.15, 0.2) is 47.4 Å². The van der Waals surface area contributed by atoms with E-state index in [4.69, 9.17) is 14.2 Å². The Hall–Kier alpha value is -2.50. The molecule has 2 saturated heterocycles. The topological polar surface area (TPSA) is 97.4 Å². The number of hydrogen-bond donors (Lipinski definition) is 1. The van der Waals surface area contributed by atoms with Crippen molar-refractivity contribution in [3.63, 3.8) is 0 Å². The molecule has 1 atom stereocenters. The van der Waals surface area contributed by atoms with Crippen molar-refractivity contribution in [1.82, 2.24) is 14.5 Å². The summed E-state index contributed by atoms with van der Waals surface area (Å²) < 4.78 is 45.6. The maximum Gasteiger partial charge on any atom is 0.246 e. The predicted molar refractivity (Wildman–Crippen MR) is 166 cm³/mol. The van der Waals surface area contributed by atoms with Crippen molar-refractivity contribution in [3.8, 4) is 5.75 Å². The number of nitrogens with zero attached hydrogens (tertiary/aromatic N) is 2. The highest BCUT2D eigenvalue weighted by Crippen LogP contribution is 2.44. The molecule has 236 valence electrons. The normalized spacial score (nSPS) is 25.5. The van der Waals surface area contributed by atoms with Gasteiger partial charge < -0.3 is 19.5 Å². The van der Waals surface area contributed by atoms with Crippen LogP contribution in [0.5, 0.6) is 5.75 Å². The summed E-state index contributed by atoms with van der Waals surface area (Å²) in [7, 11) is -2.13. The number of carbonyl (C=O) groups is 1. The smallest absolute Gasteiger partial charge is 0.246 e. The van der Waals surface area contributed by atoms with Crippen LogP contribution in [0.1, 0.15) is 55.2 Å². The van der Waals surface area contributed by atoms with Crippen LogP contribution >= 0.6 is 0 Å². The van der Waals surface area contributed by atoms with Gasteiger partial charge in [-0.15, -0.1) is 0 Å². The van der Waals surface area contributed by atoms with E-state index in [0.717, 1.165) is 58.4 Å². The maximum atomic E-state index is 13.6. The number of nitrogens with one attached hydrogen (secondary N) is 1. The molecule has 5 rings (SSSR count). The molecule has 0 bridgehead atoms. The number of sulfonamides is 1. The molecular weight excluding hydrogens is 566 g/mol. The van der Waals surface area contributed by atoms with Gasteiger partial charge in [-0.3, -0.25) is 9.69 Å². The highest BCUT2D eigenvalue weighted by Gasteiger charge is 2.42. The highest BCUT2D eigenvalue weighted by atomic mass is 32.2. The largest absolute Gasteiger partial charge is 0.497 e. The second-order valence-corrected chi connectivity index (χ2v) is 14.1. The number of hydrogen-bond acceptors (Lipinski definition) is 7. The van der Waals surface area contributed by atoms with Crippen molar-refractivity contribution in [1.29, 1.82) is 0 Å².